The van der Waals surface area contributed by atoms with E-state index in [9.17, 15) is 9.59 Å². The molecule has 188 valence electrons. The second kappa shape index (κ2) is 10.9. The molecule has 1 aromatic heterocycles. The molecule has 5 rings (SSSR count). The largest absolute Gasteiger partial charge is 0.459 e. The maximum atomic E-state index is 15.3. The molecule has 1 N–H and O–H groups in total. The molecule has 0 spiro atoms. The van der Waals surface area contributed by atoms with E-state index in [1.54, 1.807) is 30.3 Å². The van der Waals surface area contributed by atoms with Gasteiger partial charge >= 0.3 is 5.97 Å². The van der Waals surface area contributed by atoms with Crippen molar-refractivity contribution in [1.82, 2.24) is 10.3 Å². The summed E-state index contributed by atoms with van der Waals surface area (Å²) in [6, 6.07) is 19.9. The lowest BCUT2D eigenvalue weighted by Gasteiger charge is -2.14. The van der Waals surface area contributed by atoms with Crippen LogP contribution in [0.2, 0.25) is 0 Å². The first kappa shape index (κ1) is 24.6. The van der Waals surface area contributed by atoms with E-state index in [4.69, 9.17) is 4.74 Å². The third kappa shape index (κ3) is 5.69. The number of nitrogens with zero attached hydrogens (tertiary/aromatic N) is 1. The lowest BCUT2D eigenvalue weighted by molar-refractivity contribution is 0.0471. The van der Waals surface area contributed by atoms with Crippen LogP contribution in [-0.2, 0) is 11.2 Å². The molecule has 1 amide bonds. The maximum Gasteiger partial charge on any atom is 0.340 e. The van der Waals surface area contributed by atoms with E-state index in [2.05, 4.69) is 17.2 Å². The van der Waals surface area contributed by atoms with E-state index in [1.807, 2.05) is 30.3 Å². The molecule has 1 aliphatic rings. The molecular formula is C31H29FN2O3. The number of aromatic nitrogens is 1. The van der Waals surface area contributed by atoms with Crippen molar-refractivity contribution in [2.45, 2.75) is 45.1 Å². The van der Waals surface area contributed by atoms with Crippen LogP contribution >= 0.6 is 0 Å². The summed E-state index contributed by atoms with van der Waals surface area (Å²) in [4.78, 5) is 29.8. The van der Waals surface area contributed by atoms with E-state index in [0.29, 0.717) is 46.1 Å². The number of benzene rings is 3. The van der Waals surface area contributed by atoms with Crippen LogP contribution in [0.4, 0.5) is 4.39 Å². The summed E-state index contributed by atoms with van der Waals surface area (Å²) in [6.45, 7) is 2.69. The van der Waals surface area contributed by atoms with E-state index >= 15 is 4.39 Å². The topological polar surface area (TPSA) is 68.3 Å². The van der Waals surface area contributed by atoms with Gasteiger partial charge < -0.3 is 10.1 Å². The van der Waals surface area contributed by atoms with Crippen molar-refractivity contribution in [3.8, 4) is 11.1 Å². The molecule has 0 saturated heterocycles. The van der Waals surface area contributed by atoms with Crippen LogP contribution in [0, 0.1) is 5.82 Å². The zero-order valence-corrected chi connectivity index (χ0v) is 20.8. The number of amides is 1. The molecule has 0 aliphatic heterocycles. The fourth-order valence-electron chi connectivity index (χ4n) is 4.34. The highest BCUT2D eigenvalue weighted by molar-refractivity contribution is 5.99. The summed E-state index contributed by atoms with van der Waals surface area (Å²) in [5.74, 6) is -0.960. The van der Waals surface area contributed by atoms with Crippen LogP contribution in [0.3, 0.4) is 0 Å². The Morgan fingerprint density at radius 1 is 1.05 bits per heavy atom. The van der Waals surface area contributed by atoms with Crippen molar-refractivity contribution in [3.63, 3.8) is 0 Å². The van der Waals surface area contributed by atoms with Crippen LogP contribution < -0.4 is 5.32 Å². The lowest BCUT2D eigenvalue weighted by Crippen LogP contribution is -2.24. The molecule has 5 nitrogen and oxygen atoms in total. The fraction of sp³-hybridized carbons (Fsp3) is 0.258. The van der Waals surface area contributed by atoms with E-state index in [0.717, 1.165) is 36.8 Å². The number of hydrogen-bond acceptors (Lipinski definition) is 4. The number of carbonyl (C=O) groups excluding carboxylic acids is 2. The van der Waals surface area contributed by atoms with Gasteiger partial charge in [0, 0.05) is 35.3 Å². The van der Waals surface area contributed by atoms with Crippen molar-refractivity contribution in [3.05, 3.63) is 101 Å². The summed E-state index contributed by atoms with van der Waals surface area (Å²) in [5, 5.41) is 3.60. The maximum absolute atomic E-state index is 15.3. The van der Waals surface area contributed by atoms with E-state index in [-0.39, 0.29) is 12.0 Å². The van der Waals surface area contributed by atoms with Gasteiger partial charge in [0.2, 0.25) is 0 Å². The van der Waals surface area contributed by atoms with E-state index < -0.39 is 11.8 Å². The Labute approximate surface area is 215 Å². The van der Waals surface area contributed by atoms with Crippen molar-refractivity contribution in [2.75, 3.05) is 6.54 Å². The Morgan fingerprint density at radius 2 is 1.81 bits per heavy atom. The third-order valence-corrected chi connectivity index (χ3v) is 6.58. The molecule has 0 unspecified atom stereocenters. The number of esters is 1. The Balaban J connectivity index is 1.54. The number of nitrogens with one attached hydrogen (secondary N) is 1. The van der Waals surface area contributed by atoms with Crippen molar-refractivity contribution in [2.24, 2.45) is 0 Å². The second-order valence-corrected chi connectivity index (χ2v) is 9.45. The van der Waals surface area contributed by atoms with Crippen molar-refractivity contribution in [1.29, 1.82) is 0 Å². The number of pyridine rings is 1. The number of carbonyl (C=O) groups is 2. The minimum atomic E-state index is -0.417. The Bertz CT molecular complexity index is 1430. The van der Waals surface area contributed by atoms with Gasteiger partial charge in [-0.25, -0.2) is 9.18 Å². The Morgan fingerprint density at radius 3 is 2.51 bits per heavy atom. The zero-order valence-electron chi connectivity index (χ0n) is 20.8. The Hall–Kier alpha value is -4.06. The molecular weight excluding hydrogens is 467 g/mol. The number of rotatable bonds is 9. The SMILES string of the molecule is CCCCNC(=O)c1ccc(-c2cc3c(Cc4ccccc4)c(C(=O)OC4CC4)cnc3cc2F)cc1. The number of halogens is 1. The average Bonchev–Trinajstić information content (AvgIpc) is 3.73. The molecule has 0 atom stereocenters. The predicted octanol–water partition coefficient (Wildman–Crippen LogP) is 6.48. The molecule has 6 heteroatoms. The standard InChI is InChI=1S/C31H29FN2O3/c1-2-3-15-33-30(35)22-11-9-21(10-12-22)24-17-26-25(16-20-7-5-4-6-8-20)27(31(36)37-23-13-14-23)19-34-29(26)18-28(24)32/h4-12,17-19,23H,2-3,13-16H2,1H3,(H,33,35). The van der Waals surface area contributed by atoms with Gasteiger partial charge in [0.05, 0.1) is 11.1 Å². The normalized spacial score (nSPS) is 12.9. The predicted molar refractivity (Wildman–Crippen MR) is 142 cm³/mol. The molecule has 1 heterocycles. The zero-order chi connectivity index (χ0) is 25.8. The van der Waals surface area contributed by atoms with Crippen molar-refractivity contribution < 1.29 is 18.7 Å². The van der Waals surface area contributed by atoms with Gasteiger partial charge in [-0.2, -0.15) is 0 Å². The molecule has 37 heavy (non-hydrogen) atoms. The van der Waals surface area contributed by atoms with Gasteiger partial charge in [-0.3, -0.25) is 9.78 Å². The first-order chi connectivity index (χ1) is 18.0. The minimum absolute atomic E-state index is 0.0331. The van der Waals surface area contributed by atoms with E-state index in [1.165, 1.54) is 12.3 Å². The van der Waals surface area contributed by atoms with Crippen LogP contribution in [-0.4, -0.2) is 29.5 Å². The number of ether oxygens (including phenoxy) is 1. The molecule has 1 fully saturated rings. The van der Waals surface area contributed by atoms with Gasteiger partial charge in [0.25, 0.3) is 5.91 Å². The molecule has 0 bridgehead atoms. The number of hydrogen-bond donors (Lipinski definition) is 1. The fourth-order valence-corrected chi connectivity index (χ4v) is 4.34. The lowest BCUT2D eigenvalue weighted by atomic mass is 9.93. The number of fused-ring (bicyclic) bond motifs is 1. The average molecular weight is 497 g/mol. The molecule has 3 aromatic carbocycles. The molecule has 1 aliphatic carbocycles. The van der Waals surface area contributed by atoms with Gasteiger partial charge in [0.1, 0.15) is 11.9 Å². The summed E-state index contributed by atoms with van der Waals surface area (Å²) in [5.41, 5.74) is 4.21. The highest BCUT2D eigenvalue weighted by Gasteiger charge is 2.28. The highest BCUT2D eigenvalue weighted by Crippen LogP contribution is 2.33. The first-order valence-corrected chi connectivity index (χ1v) is 12.8. The number of unbranched alkanes of at least 4 members (excludes halogenated alkanes) is 1. The summed E-state index contributed by atoms with van der Waals surface area (Å²) in [7, 11) is 0. The van der Waals surface area contributed by atoms with Crippen LogP contribution in [0.1, 0.15) is 64.4 Å². The third-order valence-electron chi connectivity index (χ3n) is 6.58. The van der Waals surface area contributed by atoms with Gasteiger partial charge in [-0.05, 0) is 60.6 Å². The summed E-state index contributed by atoms with van der Waals surface area (Å²) in [6.07, 6.45) is 5.62. The van der Waals surface area contributed by atoms with Gasteiger partial charge in [-0.15, -0.1) is 0 Å². The first-order valence-electron chi connectivity index (χ1n) is 12.8. The van der Waals surface area contributed by atoms with Crippen LogP contribution in [0.5, 0.6) is 0 Å². The van der Waals surface area contributed by atoms with Gasteiger partial charge in [0.15, 0.2) is 0 Å². The van der Waals surface area contributed by atoms with Gasteiger partial charge in [-0.1, -0.05) is 55.8 Å². The second-order valence-electron chi connectivity index (χ2n) is 9.45. The van der Waals surface area contributed by atoms with Crippen molar-refractivity contribution >= 4 is 22.8 Å². The summed E-state index contributed by atoms with van der Waals surface area (Å²) >= 11 is 0. The Kier molecular flexibility index (Phi) is 7.26. The monoisotopic (exact) mass is 496 g/mol. The molecule has 1 saturated carbocycles. The molecule has 0 radical (unpaired) electrons. The van der Waals surface area contributed by atoms with Crippen LogP contribution in [0.15, 0.2) is 72.9 Å². The highest BCUT2D eigenvalue weighted by atomic mass is 19.1. The minimum Gasteiger partial charge on any atom is -0.459 e. The quantitative estimate of drug-likeness (QED) is 0.213. The smallest absolute Gasteiger partial charge is 0.340 e. The van der Waals surface area contributed by atoms with Crippen LogP contribution in [0.25, 0.3) is 22.0 Å². The summed E-state index contributed by atoms with van der Waals surface area (Å²) < 4.78 is 20.9. The molecule has 4 aromatic rings.